The highest BCUT2D eigenvalue weighted by atomic mass is 35.5. The van der Waals surface area contributed by atoms with Crippen LogP contribution >= 0.6 is 23.8 Å². The van der Waals surface area contributed by atoms with Crippen LogP contribution in [-0.4, -0.2) is 15.9 Å². The van der Waals surface area contributed by atoms with Crippen LogP contribution < -0.4 is 11.1 Å². The molecule has 2 aromatic rings. The Morgan fingerprint density at radius 3 is 2.70 bits per heavy atom. The maximum atomic E-state index is 12.2. The number of nitrogens with zero attached hydrogens (tertiary/aromatic N) is 1. The van der Waals surface area contributed by atoms with Gasteiger partial charge in [0.15, 0.2) is 5.89 Å². The van der Waals surface area contributed by atoms with Crippen molar-refractivity contribution >= 4 is 40.4 Å². The van der Waals surface area contributed by atoms with Crippen LogP contribution in [0.2, 0.25) is 5.02 Å². The van der Waals surface area contributed by atoms with Gasteiger partial charge in [-0.1, -0.05) is 23.8 Å². The molecule has 3 N–H and O–H groups in total. The van der Waals surface area contributed by atoms with E-state index >= 15 is 0 Å². The minimum atomic E-state index is -0.428. The fourth-order valence-corrected chi connectivity index (χ4v) is 2.11. The number of thiocarbonyl (C=S) groups is 1. The van der Waals surface area contributed by atoms with Gasteiger partial charge in [-0.25, -0.2) is 4.98 Å². The molecular formula is C13H12ClN3O2S. The Morgan fingerprint density at radius 2 is 2.15 bits per heavy atom. The summed E-state index contributed by atoms with van der Waals surface area (Å²) in [6, 6.07) is 4.88. The second kappa shape index (κ2) is 5.60. The van der Waals surface area contributed by atoms with E-state index in [9.17, 15) is 4.79 Å². The van der Waals surface area contributed by atoms with Gasteiger partial charge in [-0.15, -0.1) is 0 Å². The van der Waals surface area contributed by atoms with E-state index in [2.05, 4.69) is 10.3 Å². The molecule has 0 fully saturated rings. The van der Waals surface area contributed by atoms with Crippen molar-refractivity contribution < 1.29 is 9.21 Å². The number of amides is 1. The number of rotatable bonds is 3. The molecule has 0 aliphatic carbocycles. The Morgan fingerprint density at radius 1 is 1.45 bits per heavy atom. The van der Waals surface area contributed by atoms with Crippen LogP contribution in [0.15, 0.2) is 22.6 Å². The Labute approximate surface area is 126 Å². The van der Waals surface area contributed by atoms with Crippen LogP contribution in [0, 0.1) is 13.8 Å². The SMILES string of the molecule is Cc1nc(C)c(C(=O)Nc2cc(Cl)ccc2C(N)=S)o1. The molecule has 1 heterocycles. The molecule has 104 valence electrons. The minimum absolute atomic E-state index is 0.149. The van der Waals surface area contributed by atoms with E-state index in [4.69, 9.17) is 34.0 Å². The lowest BCUT2D eigenvalue weighted by Gasteiger charge is -2.09. The Balaban J connectivity index is 2.34. The van der Waals surface area contributed by atoms with E-state index in [0.717, 1.165) is 0 Å². The van der Waals surface area contributed by atoms with E-state index in [1.165, 1.54) is 0 Å². The summed E-state index contributed by atoms with van der Waals surface area (Å²) < 4.78 is 5.26. The quantitative estimate of drug-likeness (QED) is 0.852. The minimum Gasteiger partial charge on any atom is -0.436 e. The summed E-state index contributed by atoms with van der Waals surface area (Å²) in [5, 5.41) is 3.14. The number of hydrogen-bond acceptors (Lipinski definition) is 4. The molecule has 7 heteroatoms. The first-order valence-corrected chi connectivity index (χ1v) is 6.52. The highest BCUT2D eigenvalue weighted by Crippen LogP contribution is 2.22. The number of carbonyl (C=O) groups is 1. The van der Waals surface area contributed by atoms with E-state index in [1.54, 1.807) is 32.0 Å². The Kier molecular flexibility index (Phi) is 4.06. The number of benzene rings is 1. The zero-order valence-corrected chi connectivity index (χ0v) is 12.4. The molecule has 1 amide bonds. The monoisotopic (exact) mass is 309 g/mol. The van der Waals surface area contributed by atoms with Crippen molar-refractivity contribution in [3.63, 3.8) is 0 Å². The summed E-state index contributed by atoms with van der Waals surface area (Å²) in [6.45, 7) is 3.36. The number of aromatic nitrogens is 1. The summed E-state index contributed by atoms with van der Waals surface area (Å²) in [5.74, 6) is 0.146. The smallest absolute Gasteiger partial charge is 0.293 e. The predicted molar refractivity (Wildman–Crippen MR) is 81.3 cm³/mol. The maximum absolute atomic E-state index is 12.2. The number of hydrogen-bond donors (Lipinski definition) is 2. The molecule has 0 radical (unpaired) electrons. The van der Waals surface area contributed by atoms with Gasteiger partial charge in [0.1, 0.15) is 4.99 Å². The zero-order chi connectivity index (χ0) is 14.9. The number of carbonyl (C=O) groups excluding carboxylic acids is 1. The van der Waals surface area contributed by atoms with Gasteiger partial charge in [0, 0.05) is 17.5 Å². The fraction of sp³-hybridized carbons (Fsp3) is 0.154. The van der Waals surface area contributed by atoms with Gasteiger partial charge < -0.3 is 15.5 Å². The van der Waals surface area contributed by atoms with Gasteiger partial charge >= 0.3 is 0 Å². The van der Waals surface area contributed by atoms with Crippen molar-refractivity contribution in [2.24, 2.45) is 5.73 Å². The maximum Gasteiger partial charge on any atom is 0.293 e. The number of nitrogens with two attached hydrogens (primary N) is 1. The van der Waals surface area contributed by atoms with Crippen molar-refractivity contribution in [3.8, 4) is 0 Å². The van der Waals surface area contributed by atoms with Crippen LogP contribution in [0.4, 0.5) is 5.69 Å². The second-order valence-corrected chi connectivity index (χ2v) is 5.03. The third-order valence-corrected chi connectivity index (χ3v) is 3.06. The van der Waals surface area contributed by atoms with E-state index in [1.807, 2.05) is 0 Å². The van der Waals surface area contributed by atoms with Gasteiger partial charge in [-0.05, 0) is 25.1 Å². The molecule has 0 bridgehead atoms. The van der Waals surface area contributed by atoms with Gasteiger partial charge in [0.05, 0.1) is 11.4 Å². The number of aryl methyl sites for hydroxylation is 2. The average Bonchev–Trinajstić information content (AvgIpc) is 2.68. The second-order valence-electron chi connectivity index (χ2n) is 4.16. The van der Waals surface area contributed by atoms with E-state index in [0.29, 0.717) is 27.9 Å². The normalized spacial score (nSPS) is 10.3. The number of anilines is 1. The van der Waals surface area contributed by atoms with Gasteiger partial charge in [-0.3, -0.25) is 4.79 Å². The standard InChI is InChI=1S/C13H12ClN3O2S/c1-6-11(19-7(2)16-6)13(18)17-10-5-8(14)3-4-9(10)12(15)20/h3-5H,1-2H3,(H2,15,20)(H,17,18). The molecule has 0 spiro atoms. The van der Waals surface area contributed by atoms with Crippen molar-refractivity contribution in [2.45, 2.75) is 13.8 Å². The fourth-order valence-electron chi connectivity index (χ4n) is 1.76. The molecule has 2 rings (SSSR count). The first kappa shape index (κ1) is 14.5. The van der Waals surface area contributed by atoms with Crippen LogP contribution in [0.25, 0.3) is 0 Å². The number of nitrogens with one attached hydrogen (secondary N) is 1. The van der Waals surface area contributed by atoms with Crippen molar-refractivity contribution in [1.29, 1.82) is 0 Å². The highest BCUT2D eigenvalue weighted by molar-refractivity contribution is 7.80. The molecule has 1 aromatic carbocycles. The lowest BCUT2D eigenvalue weighted by molar-refractivity contribution is 0.0994. The largest absolute Gasteiger partial charge is 0.436 e. The molecule has 0 aliphatic heterocycles. The summed E-state index contributed by atoms with van der Waals surface area (Å²) in [5.41, 5.74) is 7.09. The van der Waals surface area contributed by atoms with Crippen LogP contribution in [0.3, 0.4) is 0 Å². The Hall–Kier alpha value is -1.92. The predicted octanol–water partition coefficient (Wildman–Crippen LogP) is 2.83. The van der Waals surface area contributed by atoms with Crippen molar-refractivity contribution in [3.05, 3.63) is 46.1 Å². The summed E-state index contributed by atoms with van der Waals surface area (Å²) in [7, 11) is 0. The highest BCUT2D eigenvalue weighted by Gasteiger charge is 2.18. The molecule has 1 aromatic heterocycles. The van der Waals surface area contributed by atoms with Gasteiger partial charge in [0.25, 0.3) is 5.91 Å². The average molecular weight is 310 g/mol. The third kappa shape index (κ3) is 2.97. The molecule has 20 heavy (non-hydrogen) atoms. The first-order valence-electron chi connectivity index (χ1n) is 5.73. The zero-order valence-electron chi connectivity index (χ0n) is 10.9. The lowest BCUT2D eigenvalue weighted by Crippen LogP contribution is -2.17. The van der Waals surface area contributed by atoms with Gasteiger partial charge in [-0.2, -0.15) is 0 Å². The molecule has 0 aliphatic rings. The molecule has 0 saturated heterocycles. The van der Waals surface area contributed by atoms with E-state index in [-0.39, 0.29) is 10.7 Å². The van der Waals surface area contributed by atoms with Crippen molar-refractivity contribution in [2.75, 3.05) is 5.32 Å². The van der Waals surface area contributed by atoms with Crippen LogP contribution in [0.1, 0.15) is 27.7 Å². The Bertz CT molecular complexity index is 697. The first-order chi connectivity index (χ1) is 9.38. The van der Waals surface area contributed by atoms with Crippen LogP contribution in [0.5, 0.6) is 0 Å². The summed E-state index contributed by atoms with van der Waals surface area (Å²) in [4.78, 5) is 16.4. The summed E-state index contributed by atoms with van der Waals surface area (Å²) >= 11 is 10.9. The van der Waals surface area contributed by atoms with Gasteiger partial charge in [0.2, 0.25) is 5.76 Å². The number of oxazole rings is 1. The van der Waals surface area contributed by atoms with Crippen LogP contribution in [-0.2, 0) is 0 Å². The van der Waals surface area contributed by atoms with E-state index < -0.39 is 5.91 Å². The third-order valence-electron chi connectivity index (χ3n) is 2.61. The topological polar surface area (TPSA) is 81.2 Å². The lowest BCUT2D eigenvalue weighted by atomic mass is 10.1. The van der Waals surface area contributed by atoms with Crippen molar-refractivity contribution in [1.82, 2.24) is 4.98 Å². The number of halogens is 1. The molecule has 5 nitrogen and oxygen atoms in total. The summed E-state index contributed by atoms with van der Waals surface area (Å²) in [6.07, 6.45) is 0. The molecule has 0 unspecified atom stereocenters. The molecule has 0 atom stereocenters. The molecular weight excluding hydrogens is 298 g/mol. The molecule has 0 saturated carbocycles.